The number of benzene rings is 1. The number of hydrogen-bond donors (Lipinski definition) is 1. The molecule has 2 heteroatoms. The van der Waals surface area contributed by atoms with E-state index < -0.39 is 0 Å². The van der Waals surface area contributed by atoms with E-state index in [9.17, 15) is 0 Å². The van der Waals surface area contributed by atoms with Crippen molar-refractivity contribution in [3.8, 4) is 0 Å². The Hall–Kier alpha value is -0.860. The van der Waals surface area contributed by atoms with Crippen molar-refractivity contribution >= 4 is 0 Å². The average molecular weight is 271 g/mol. The zero-order valence-corrected chi connectivity index (χ0v) is 12.2. The summed E-state index contributed by atoms with van der Waals surface area (Å²) in [7, 11) is 0. The first-order valence-corrected chi connectivity index (χ1v) is 8.18. The molecule has 0 aromatic heterocycles. The Morgan fingerprint density at radius 3 is 2.60 bits per heavy atom. The fraction of sp³-hybridized carbons (Fsp3) is 0.667. The molecule has 1 saturated heterocycles. The van der Waals surface area contributed by atoms with Crippen LogP contribution in [-0.2, 0) is 15.6 Å². The first kappa shape index (κ1) is 12.8. The van der Waals surface area contributed by atoms with Gasteiger partial charge in [0.05, 0.1) is 0 Å². The van der Waals surface area contributed by atoms with Crippen LogP contribution in [0.2, 0.25) is 0 Å². The quantitative estimate of drug-likeness (QED) is 0.916. The Bertz CT molecular complexity index is 506. The summed E-state index contributed by atoms with van der Waals surface area (Å²) < 4.78 is 5.55. The molecule has 0 amide bonds. The number of hydrogen-bond acceptors (Lipinski definition) is 2. The van der Waals surface area contributed by atoms with E-state index >= 15 is 0 Å². The molecule has 2 atom stereocenters. The van der Waals surface area contributed by atoms with Gasteiger partial charge in [0.25, 0.3) is 0 Å². The third kappa shape index (κ3) is 1.78. The van der Waals surface area contributed by atoms with E-state index in [4.69, 9.17) is 10.5 Å². The smallest absolute Gasteiger partial charge is 0.0475 e. The maximum Gasteiger partial charge on any atom is 0.0475 e. The van der Waals surface area contributed by atoms with Crippen LogP contribution in [0.1, 0.15) is 49.7 Å². The molecule has 1 aliphatic heterocycles. The summed E-state index contributed by atoms with van der Waals surface area (Å²) >= 11 is 0. The summed E-state index contributed by atoms with van der Waals surface area (Å²) in [6, 6.07) is 9.41. The van der Waals surface area contributed by atoms with Crippen LogP contribution in [0.15, 0.2) is 24.3 Å². The van der Waals surface area contributed by atoms with E-state index in [1.54, 1.807) is 5.56 Å². The summed E-state index contributed by atoms with van der Waals surface area (Å²) in [5.74, 6) is 0.973. The van der Waals surface area contributed by atoms with E-state index in [-0.39, 0.29) is 5.41 Å². The van der Waals surface area contributed by atoms with Gasteiger partial charge in [-0.2, -0.15) is 0 Å². The van der Waals surface area contributed by atoms with Crippen LogP contribution in [0.4, 0.5) is 0 Å². The van der Waals surface area contributed by atoms with Gasteiger partial charge in [-0.05, 0) is 54.6 Å². The summed E-state index contributed by atoms with van der Waals surface area (Å²) in [4.78, 5) is 0. The minimum Gasteiger partial charge on any atom is -0.381 e. The Balaban J connectivity index is 1.68. The van der Waals surface area contributed by atoms with E-state index in [2.05, 4.69) is 24.3 Å². The SMILES string of the molecule is NCC1(c2cccc(C34CCCC3C4)c2)CCOCC1. The molecule has 1 aromatic carbocycles. The molecule has 2 nitrogen and oxygen atoms in total. The predicted octanol–water partition coefficient (Wildman–Crippen LogP) is 3.14. The van der Waals surface area contributed by atoms with Gasteiger partial charge >= 0.3 is 0 Å². The molecule has 1 aromatic rings. The highest BCUT2D eigenvalue weighted by Gasteiger charge is 2.57. The van der Waals surface area contributed by atoms with Crippen molar-refractivity contribution in [2.75, 3.05) is 19.8 Å². The normalized spacial score (nSPS) is 34.8. The first-order valence-electron chi connectivity index (χ1n) is 8.18. The molecule has 2 saturated carbocycles. The Morgan fingerprint density at radius 2 is 1.95 bits per heavy atom. The van der Waals surface area contributed by atoms with Crippen molar-refractivity contribution in [3.05, 3.63) is 35.4 Å². The molecule has 0 bridgehead atoms. The van der Waals surface area contributed by atoms with Gasteiger partial charge in [-0.3, -0.25) is 0 Å². The minimum atomic E-state index is 0.161. The second-order valence-corrected chi connectivity index (χ2v) is 7.13. The van der Waals surface area contributed by atoms with Gasteiger partial charge in [-0.25, -0.2) is 0 Å². The van der Waals surface area contributed by atoms with Crippen LogP contribution in [0, 0.1) is 5.92 Å². The third-order valence-electron chi connectivity index (χ3n) is 6.30. The average Bonchev–Trinajstić information content (AvgIpc) is 3.10. The lowest BCUT2D eigenvalue weighted by atomic mass is 9.73. The molecule has 0 spiro atoms. The van der Waals surface area contributed by atoms with E-state index in [0.717, 1.165) is 38.5 Å². The van der Waals surface area contributed by atoms with Crippen molar-refractivity contribution in [2.24, 2.45) is 11.7 Å². The predicted molar refractivity (Wildman–Crippen MR) is 80.9 cm³/mol. The van der Waals surface area contributed by atoms with Crippen molar-refractivity contribution in [1.29, 1.82) is 0 Å². The standard InChI is InChI=1S/C18H25NO/c19-13-17(7-9-20-10-8-17)14-3-1-4-15(11-14)18-6-2-5-16(18)12-18/h1,3-4,11,16H,2,5-10,12-13,19H2. The van der Waals surface area contributed by atoms with Crippen LogP contribution in [-0.4, -0.2) is 19.8 Å². The van der Waals surface area contributed by atoms with Gasteiger partial charge in [0.1, 0.15) is 0 Å². The lowest BCUT2D eigenvalue weighted by Gasteiger charge is -2.37. The van der Waals surface area contributed by atoms with Crippen molar-refractivity contribution in [3.63, 3.8) is 0 Å². The maximum atomic E-state index is 6.16. The minimum absolute atomic E-state index is 0.161. The third-order valence-corrected chi connectivity index (χ3v) is 6.30. The van der Waals surface area contributed by atoms with Crippen LogP contribution in [0.5, 0.6) is 0 Å². The summed E-state index contributed by atoms with van der Waals surface area (Å²) in [6.45, 7) is 2.46. The lowest BCUT2D eigenvalue weighted by Crippen LogP contribution is -2.40. The van der Waals surface area contributed by atoms with Crippen molar-refractivity contribution < 1.29 is 4.74 Å². The van der Waals surface area contributed by atoms with Crippen LogP contribution < -0.4 is 5.73 Å². The molecule has 20 heavy (non-hydrogen) atoms. The molecule has 4 rings (SSSR count). The number of fused-ring (bicyclic) bond motifs is 1. The molecule has 3 aliphatic rings. The Morgan fingerprint density at radius 1 is 1.15 bits per heavy atom. The summed E-state index contributed by atoms with van der Waals surface area (Å²) in [5, 5.41) is 0. The van der Waals surface area contributed by atoms with E-state index in [0.29, 0.717) is 5.41 Å². The highest BCUT2D eigenvalue weighted by atomic mass is 16.5. The van der Waals surface area contributed by atoms with E-state index in [1.165, 1.54) is 31.2 Å². The largest absolute Gasteiger partial charge is 0.381 e. The molecule has 2 N–H and O–H groups in total. The number of rotatable bonds is 3. The Kier molecular flexibility index (Phi) is 2.94. The topological polar surface area (TPSA) is 35.2 Å². The van der Waals surface area contributed by atoms with Crippen molar-refractivity contribution in [2.45, 2.75) is 49.4 Å². The van der Waals surface area contributed by atoms with Crippen molar-refractivity contribution in [1.82, 2.24) is 0 Å². The van der Waals surface area contributed by atoms with Gasteiger partial charge in [0.15, 0.2) is 0 Å². The van der Waals surface area contributed by atoms with Gasteiger partial charge < -0.3 is 10.5 Å². The zero-order valence-electron chi connectivity index (χ0n) is 12.2. The highest BCUT2D eigenvalue weighted by molar-refractivity contribution is 5.40. The number of ether oxygens (including phenoxy) is 1. The molecular formula is C18H25NO. The van der Waals surface area contributed by atoms with E-state index in [1.807, 2.05) is 0 Å². The lowest BCUT2D eigenvalue weighted by molar-refractivity contribution is 0.0529. The molecular weight excluding hydrogens is 246 g/mol. The molecule has 1 heterocycles. The second-order valence-electron chi connectivity index (χ2n) is 7.13. The van der Waals surface area contributed by atoms with Crippen LogP contribution >= 0.6 is 0 Å². The second kappa shape index (κ2) is 4.57. The molecule has 108 valence electrons. The van der Waals surface area contributed by atoms with Gasteiger partial charge in [0, 0.05) is 25.2 Å². The van der Waals surface area contributed by atoms with Crippen LogP contribution in [0.25, 0.3) is 0 Å². The van der Waals surface area contributed by atoms with Crippen LogP contribution in [0.3, 0.4) is 0 Å². The monoisotopic (exact) mass is 271 g/mol. The van der Waals surface area contributed by atoms with Gasteiger partial charge in [-0.15, -0.1) is 0 Å². The molecule has 2 aliphatic carbocycles. The fourth-order valence-electron chi connectivity index (χ4n) is 4.76. The maximum absolute atomic E-state index is 6.16. The Labute approximate surface area is 121 Å². The molecule has 2 unspecified atom stereocenters. The number of nitrogens with two attached hydrogens (primary N) is 1. The zero-order chi connectivity index (χ0) is 13.6. The molecule has 0 radical (unpaired) electrons. The first-order chi connectivity index (χ1) is 9.79. The van der Waals surface area contributed by atoms with Gasteiger partial charge in [-0.1, -0.05) is 30.7 Å². The molecule has 3 fully saturated rings. The fourth-order valence-corrected chi connectivity index (χ4v) is 4.76. The highest BCUT2D eigenvalue weighted by Crippen LogP contribution is 2.64. The van der Waals surface area contributed by atoms with Gasteiger partial charge in [0.2, 0.25) is 0 Å². The summed E-state index contributed by atoms with van der Waals surface area (Å²) in [6.07, 6.45) is 7.84. The summed E-state index contributed by atoms with van der Waals surface area (Å²) in [5.41, 5.74) is 9.93.